The fourth-order valence-corrected chi connectivity index (χ4v) is 4.18. The largest absolute Gasteiger partial charge is 0.871 e. The Morgan fingerprint density at radius 1 is 1.00 bits per heavy atom. The van der Waals surface area contributed by atoms with Gasteiger partial charge in [0.25, 0.3) is 5.69 Å². The molecule has 30 heavy (non-hydrogen) atoms. The van der Waals surface area contributed by atoms with Gasteiger partial charge < -0.3 is 10.4 Å². The molecule has 4 rings (SSSR count). The average molecular weight is 401 g/mol. The Kier molecular flexibility index (Phi) is 4.78. The molecule has 0 aromatic heterocycles. The van der Waals surface area contributed by atoms with Gasteiger partial charge >= 0.3 is 0 Å². The fraction of sp³-hybridized carbons (Fsp3) is 0.208. The minimum Gasteiger partial charge on any atom is -0.871 e. The monoisotopic (exact) mass is 401 g/mol. The maximum absolute atomic E-state index is 13.1. The Morgan fingerprint density at radius 2 is 1.60 bits per heavy atom. The van der Waals surface area contributed by atoms with E-state index in [1.54, 1.807) is 0 Å². The number of nitrogens with one attached hydrogen (secondary N) is 1. The molecular weight excluding hydrogens is 380 g/mol. The van der Waals surface area contributed by atoms with Crippen LogP contribution in [0.4, 0.5) is 11.4 Å². The van der Waals surface area contributed by atoms with Crippen LogP contribution in [0.5, 0.6) is 5.75 Å². The first kappa shape index (κ1) is 19.6. The van der Waals surface area contributed by atoms with Crippen molar-refractivity contribution in [1.82, 2.24) is 0 Å². The van der Waals surface area contributed by atoms with E-state index in [0.29, 0.717) is 6.42 Å². The number of aryl methyl sites for hydroxylation is 2. The van der Waals surface area contributed by atoms with Crippen molar-refractivity contribution < 1.29 is 14.8 Å². The SMILES string of the molecule is Cc1cccc(C2(c3cccc(C)c3)C[C@@H]2C(=O)Nc2cc([N+](=O)[O-])ccc2[O-])c1. The number of hydrogen-bond donors (Lipinski definition) is 1. The molecule has 1 N–H and O–H groups in total. The lowest BCUT2D eigenvalue weighted by atomic mass is 9.84. The van der Waals surface area contributed by atoms with E-state index in [-0.39, 0.29) is 23.2 Å². The first-order chi connectivity index (χ1) is 14.3. The molecular formula is C24H21N2O4-. The number of hydrogen-bond acceptors (Lipinski definition) is 4. The van der Waals surface area contributed by atoms with Gasteiger partial charge in [0.1, 0.15) is 0 Å². The van der Waals surface area contributed by atoms with Crippen molar-refractivity contribution in [3.8, 4) is 5.75 Å². The molecule has 1 aliphatic rings. The minimum absolute atomic E-state index is 0.0662. The Balaban J connectivity index is 1.70. The minimum atomic E-state index is -0.587. The Bertz CT molecular complexity index is 1110. The van der Waals surface area contributed by atoms with Crippen molar-refractivity contribution in [3.63, 3.8) is 0 Å². The molecule has 1 saturated carbocycles. The number of amides is 1. The molecule has 0 spiro atoms. The number of nitrogens with zero attached hydrogens (tertiary/aromatic N) is 1. The number of carbonyl (C=O) groups excluding carboxylic acids is 1. The van der Waals surface area contributed by atoms with Crippen LogP contribution in [0, 0.1) is 29.9 Å². The van der Waals surface area contributed by atoms with Crippen LogP contribution in [0.2, 0.25) is 0 Å². The van der Waals surface area contributed by atoms with Gasteiger partial charge in [0.15, 0.2) is 0 Å². The summed E-state index contributed by atoms with van der Waals surface area (Å²) < 4.78 is 0. The van der Waals surface area contributed by atoms with E-state index in [4.69, 9.17) is 0 Å². The van der Waals surface area contributed by atoms with E-state index in [0.717, 1.165) is 40.5 Å². The second-order valence-corrected chi connectivity index (χ2v) is 7.89. The van der Waals surface area contributed by atoms with Crippen LogP contribution >= 0.6 is 0 Å². The molecule has 152 valence electrons. The van der Waals surface area contributed by atoms with E-state index in [2.05, 4.69) is 17.4 Å². The van der Waals surface area contributed by atoms with Gasteiger partial charge in [0.2, 0.25) is 5.91 Å². The maximum atomic E-state index is 13.1. The number of nitro groups is 1. The Hall–Kier alpha value is -3.67. The second kappa shape index (κ2) is 7.30. The maximum Gasteiger partial charge on any atom is 0.271 e. The van der Waals surface area contributed by atoms with Crippen LogP contribution in [0.1, 0.15) is 28.7 Å². The number of anilines is 1. The average Bonchev–Trinajstić information content (AvgIpc) is 3.47. The molecule has 3 aromatic rings. The summed E-state index contributed by atoms with van der Waals surface area (Å²) in [7, 11) is 0. The highest BCUT2D eigenvalue weighted by Gasteiger charge is 2.60. The molecule has 6 heteroatoms. The zero-order valence-corrected chi connectivity index (χ0v) is 16.7. The van der Waals surface area contributed by atoms with E-state index >= 15 is 0 Å². The standard InChI is InChI=1S/C24H22N2O4/c1-15-5-3-7-17(11-15)24(18-8-4-6-16(2)12-18)14-20(24)23(28)25-21-13-19(26(29)30)9-10-22(21)27/h3-13,20,27H,14H2,1-2H3,(H,25,28)/p-1/t20-/m1/s1. The summed E-state index contributed by atoms with van der Waals surface area (Å²) in [6.07, 6.45) is 0.606. The van der Waals surface area contributed by atoms with Gasteiger partial charge in [-0.25, -0.2) is 0 Å². The molecule has 1 atom stereocenters. The molecule has 0 radical (unpaired) electrons. The molecule has 3 aromatic carbocycles. The lowest BCUT2D eigenvalue weighted by Gasteiger charge is -2.21. The number of carbonyl (C=O) groups is 1. The topological polar surface area (TPSA) is 95.3 Å². The molecule has 1 aliphatic carbocycles. The van der Waals surface area contributed by atoms with Crippen LogP contribution in [-0.4, -0.2) is 10.8 Å². The zero-order valence-electron chi connectivity index (χ0n) is 16.7. The lowest BCUT2D eigenvalue weighted by Crippen LogP contribution is -2.23. The highest BCUT2D eigenvalue weighted by atomic mass is 16.6. The Labute approximate surface area is 174 Å². The summed E-state index contributed by atoms with van der Waals surface area (Å²) in [4.78, 5) is 23.6. The first-order valence-electron chi connectivity index (χ1n) is 9.72. The van der Waals surface area contributed by atoms with Crippen molar-refractivity contribution in [3.05, 3.63) is 99.1 Å². The highest BCUT2D eigenvalue weighted by molar-refractivity contribution is 5.98. The van der Waals surface area contributed by atoms with Crippen LogP contribution in [0.15, 0.2) is 66.7 Å². The molecule has 1 amide bonds. The van der Waals surface area contributed by atoms with Gasteiger partial charge in [-0.15, -0.1) is 0 Å². The number of nitro benzene ring substituents is 1. The van der Waals surface area contributed by atoms with Gasteiger partial charge in [0, 0.05) is 23.2 Å². The number of benzene rings is 3. The predicted octanol–water partition coefficient (Wildman–Crippen LogP) is 4.23. The quantitative estimate of drug-likeness (QED) is 0.511. The molecule has 1 fully saturated rings. The van der Waals surface area contributed by atoms with Crippen molar-refractivity contribution in [1.29, 1.82) is 0 Å². The van der Waals surface area contributed by atoms with Gasteiger partial charge in [0.05, 0.1) is 10.8 Å². The number of non-ortho nitro benzene ring substituents is 1. The number of rotatable bonds is 5. The van der Waals surface area contributed by atoms with E-state index < -0.39 is 16.1 Å². The third kappa shape index (κ3) is 3.41. The zero-order chi connectivity index (χ0) is 21.5. The summed E-state index contributed by atoms with van der Waals surface area (Å²) in [5.74, 6) is -1.14. The summed E-state index contributed by atoms with van der Waals surface area (Å²) >= 11 is 0. The van der Waals surface area contributed by atoms with Crippen molar-refractivity contribution >= 4 is 17.3 Å². The molecule has 0 bridgehead atoms. The smallest absolute Gasteiger partial charge is 0.271 e. The van der Waals surface area contributed by atoms with Crippen LogP contribution in [-0.2, 0) is 10.2 Å². The first-order valence-corrected chi connectivity index (χ1v) is 9.72. The molecule has 0 aliphatic heterocycles. The van der Waals surface area contributed by atoms with Crippen LogP contribution < -0.4 is 10.4 Å². The van der Waals surface area contributed by atoms with E-state index in [1.165, 1.54) is 0 Å². The van der Waals surface area contributed by atoms with Gasteiger partial charge in [-0.2, -0.15) is 0 Å². The molecule has 0 heterocycles. The van der Waals surface area contributed by atoms with Gasteiger partial charge in [-0.3, -0.25) is 14.9 Å². The van der Waals surface area contributed by atoms with Crippen molar-refractivity contribution in [2.24, 2.45) is 5.92 Å². The summed E-state index contributed by atoms with van der Waals surface area (Å²) in [5, 5.41) is 25.8. The molecule has 0 unspecified atom stereocenters. The van der Waals surface area contributed by atoms with Crippen LogP contribution in [0.25, 0.3) is 0 Å². The Morgan fingerprint density at radius 3 is 2.13 bits per heavy atom. The van der Waals surface area contributed by atoms with E-state index in [9.17, 15) is 20.0 Å². The second-order valence-electron chi connectivity index (χ2n) is 7.89. The predicted molar refractivity (Wildman–Crippen MR) is 112 cm³/mol. The molecule has 6 nitrogen and oxygen atoms in total. The normalized spacial score (nSPS) is 16.7. The fourth-order valence-electron chi connectivity index (χ4n) is 4.18. The summed E-state index contributed by atoms with van der Waals surface area (Å²) in [6, 6.07) is 19.6. The van der Waals surface area contributed by atoms with Gasteiger partial charge in [-0.05, 0) is 31.4 Å². The van der Waals surface area contributed by atoms with Crippen LogP contribution in [0.3, 0.4) is 0 Å². The highest BCUT2D eigenvalue weighted by Crippen LogP contribution is 2.59. The molecule has 0 saturated heterocycles. The van der Waals surface area contributed by atoms with Gasteiger partial charge in [-0.1, -0.05) is 71.5 Å². The van der Waals surface area contributed by atoms with E-state index in [1.807, 2.05) is 50.2 Å². The lowest BCUT2D eigenvalue weighted by molar-refractivity contribution is -0.385. The van der Waals surface area contributed by atoms with Crippen molar-refractivity contribution in [2.45, 2.75) is 25.7 Å². The third-order valence-electron chi connectivity index (χ3n) is 5.78. The summed E-state index contributed by atoms with van der Waals surface area (Å²) in [5.41, 5.74) is 3.53. The third-order valence-corrected chi connectivity index (χ3v) is 5.78. The van der Waals surface area contributed by atoms with Crippen molar-refractivity contribution in [2.75, 3.05) is 5.32 Å². The summed E-state index contributed by atoms with van der Waals surface area (Å²) in [6.45, 7) is 4.02.